The molecule has 162 valence electrons. The Balaban J connectivity index is 1.51. The van der Waals surface area contributed by atoms with Gasteiger partial charge in [0.2, 0.25) is 5.78 Å². The first-order valence-electron chi connectivity index (χ1n) is 11.4. The SMILES string of the molecule is Cc1cccc(C)c1-n1c(-c2ccc3cn4c(nc3c2)nc2ccccc24)nc2ccccc21. The van der Waals surface area contributed by atoms with Crippen LogP contribution in [0.25, 0.3) is 55.8 Å². The number of para-hydroxylation sites is 5. The average Bonchev–Trinajstić information content (AvgIpc) is 3.40. The fourth-order valence-corrected chi connectivity index (χ4v) is 4.98. The van der Waals surface area contributed by atoms with E-state index in [1.807, 2.05) is 24.3 Å². The van der Waals surface area contributed by atoms with Crippen molar-refractivity contribution >= 4 is 38.7 Å². The zero-order chi connectivity index (χ0) is 22.8. The number of aryl methyl sites for hydroxylation is 2. The van der Waals surface area contributed by atoms with Crippen LogP contribution in [0.4, 0.5) is 0 Å². The summed E-state index contributed by atoms with van der Waals surface area (Å²) >= 11 is 0. The fourth-order valence-electron chi connectivity index (χ4n) is 4.98. The van der Waals surface area contributed by atoms with Crippen molar-refractivity contribution in [2.45, 2.75) is 13.8 Å². The maximum absolute atomic E-state index is 5.06. The molecule has 0 bridgehead atoms. The number of aromatic nitrogens is 5. The Hall–Kier alpha value is -4.51. The molecule has 0 fully saturated rings. The van der Waals surface area contributed by atoms with E-state index in [0.717, 1.165) is 44.4 Å². The van der Waals surface area contributed by atoms with E-state index in [1.54, 1.807) is 0 Å². The van der Waals surface area contributed by atoms with Crippen molar-refractivity contribution in [2.75, 3.05) is 0 Å². The summed E-state index contributed by atoms with van der Waals surface area (Å²) in [5.74, 6) is 1.62. The average molecular weight is 440 g/mol. The standard InChI is InChI=1S/C29H21N5/c1-18-8-7-9-19(2)27(18)34-26-13-6-4-11-23(26)30-28(34)20-14-15-21-17-33-25-12-5-3-10-22(25)31-29(33)32-24(21)16-20/h3-17H,1-2H3. The number of fused-ring (bicyclic) bond motifs is 5. The molecule has 0 aliphatic heterocycles. The van der Waals surface area contributed by atoms with E-state index in [2.05, 4.69) is 89.7 Å². The van der Waals surface area contributed by atoms with Crippen LogP contribution >= 0.6 is 0 Å². The minimum Gasteiger partial charge on any atom is -0.292 e. The minimum atomic E-state index is 0.703. The molecule has 4 aromatic carbocycles. The van der Waals surface area contributed by atoms with Crippen LogP contribution in [-0.4, -0.2) is 23.9 Å². The first-order valence-corrected chi connectivity index (χ1v) is 11.4. The molecule has 3 aromatic heterocycles. The predicted octanol–water partition coefficient (Wildman–Crippen LogP) is 6.66. The molecular weight excluding hydrogens is 418 g/mol. The van der Waals surface area contributed by atoms with Crippen LogP contribution in [0.5, 0.6) is 0 Å². The van der Waals surface area contributed by atoms with Gasteiger partial charge < -0.3 is 0 Å². The van der Waals surface area contributed by atoms with E-state index in [-0.39, 0.29) is 0 Å². The Labute approximate surface area is 196 Å². The Morgan fingerprint density at radius 3 is 2.09 bits per heavy atom. The highest BCUT2D eigenvalue weighted by molar-refractivity contribution is 5.90. The largest absolute Gasteiger partial charge is 0.292 e. The number of imidazole rings is 2. The summed E-state index contributed by atoms with van der Waals surface area (Å²) in [7, 11) is 0. The van der Waals surface area contributed by atoms with Gasteiger partial charge >= 0.3 is 0 Å². The van der Waals surface area contributed by atoms with Crippen molar-refractivity contribution in [1.29, 1.82) is 0 Å². The lowest BCUT2D eigenvalue weighted by molar-refractivity contribution is 1.06. The molecule has 0 atom stereocenters. The number of hydrogen-bond donors (Lipinski definition) is 0. The highest BCUT2D eigenvalue weighted by Crippen LogP contribution is 2.33. The number of hydrogen-bond acceptors (Lipinski definition) is 3. The molecule has 0 N–H and O–H groups in total. The summed E-state index contributed by atoms with van der Waals surface area (Å²) in [6.07, 6.45) is 2.12. The smallest absolute Gasteiger partial charge is 0.235 e. The second-order valence-corrected chi connectivity index (χ2v) is 8.78. The number of rotatable bonds is 2. The van der Waals surface area contributed by atoms with Crippen LogP contribution in [0.2, 0.25) is 0 Å². The summed E-state index contributed by atoms with van der Waals surface area (Å²) in [4.78, 5) is 14.7. The van der Waals surface area contributed by atoms with E-state index in [4.69, 9.17) is 15.0 Å². The van der Waals surface area contributed by atoms with Gasteiger partial charge in [-0.2, -0.15) is 0 Å². The first-order chi connectivity index (χ1) is 16.7. The van der Waals surface area contributed by atoms with Crippen molar-refractivity contribution in [3.8, 4) is 17.1 Å². The molecular formula is C29H21N5. The van der Waals surface area contributed by atoms with E-state index in [0.29, 0.717) is 5.78 Å². The maximum atomic E-state index is 5.06. The second kappa shape index (κ2) is 6.99. The zero-order valence-corrected chi connectivity index (χ0v) is 18.9. The quantitative estimate of drug-likeness (QED) is 0.303. The molecule has 5 heteroatoms. The molecule has 7 rings (SSSR count). The third-order valence-corrected chi connectivity index (χ3v) is 6.58. The van der Waals surface area contributed by atoms with Gasteiger partial charge in [-0.05, 0) is 55.3 Å². The molecule has 0 aliphatic rings. The third-order valence-electron chi connectivity index (χ3n) is 6.58. The zero-order valence-electron chi connectivity index (χ0n) is 18.9. The third kappa shape index (κ3) is 2.70. The Bertz CT molecular complexity index is 1870. The van der Waals surface area contributed by atoms with Crippen LogP contribution in [0, 0.1) is 13.8 Å². The van der Waals surface area contributed by atoms with Crippen LogP contribution in [0.1, 0.15) is 11.1 Å². The molecule has 0 saturated carbocycles. The van der Waals surface area contributed by atoms with Gasteiger partial charge in [0.15, 0.2) is 0 Å². The molecule has 5 nitrogen and oxygen atoms in total. The summed E-state index contributed by atoms with van der Waals surface area (Å²) in [5, 5.41) is 1.06. The summed E-state index contributed by atoms with van der Waals surface area (Å²) in [6.45, 7) is 4.31. The van der Waals surface area contributed by atoms with Crippen molar-refractivity contribution in [3.63, 3.8) is 0 Å². The number of nitrogens with zero attached hydrogens (tertiary/aromatic N) is 5. The van der Waals surface area contributed by atoms with E-state index in [9.17, 15) is 0 Å². The van der Waals surface area contributed by atoms with Crippen LogP contribution in [-0.2, 0) is 0 Å². The van der Waals surface area contributed by atoms with Crippen molar-refractivity contribution in [3.05, 3.63) is 102 Å². The van der Waals surface area contributed by atoms with E-state index < -0.39 is 0 Å². The predicted molar refractivity (Wildman–Crippen MR) is 138 cm³/mol. The molecule has 0 spiro atoms. The molecule has 34 heavy (non-hydrogen) atoms. The lowest BCUT2D eigenvalue weighted by atomic mass is 10.1. The highest BCUT2D eigenvalue weighted by atomic mass is 15.1. The minimum absolute atomic E-state index is 0.703. The summed E-state index contributed by atoms with van der Waals surface area (Å²) in [6, 6.07) is 29.2. The lowest BCUT2D eigenvalue weighted by Gasteiger charge is -2.15. The van der Waals surface area contributed by atoms with Crippen LogP contribution in [0.15, 0.2) is 91.1 Å². The van der Waals surface area contributed by atoms with Crippen molar-refractivity contribution in [1.82, 2.24) is 23.9 Å². The molecule has 0 unspecified atom stereocenters. The van der Waals surface area contributed by atoms with Gasteiger partial charge in [-0.25, -0.2) is 15.0 Å². The van der Waals surface area contributed by atoms with Gasteiger partial charge in [0.1, 0.15) is 5.82 Å². The lowest BCUT2D eigenvalue weighted by Crippen LogP contribution is -2.02. The van der Waals surface area contributed by atoms with Crippen molar-refractivity contribution < 1.29 is 0 Å². The highest BCUT2D eigenvalue weighted by Gasteiger charge is 2.18. The molecule has 0 amide bonds. The van der Waals surface area contributed by atoms with Gasteiger partial charge in [-0.3, -0.25) is 8.97 Å². The first kappa shape index (κ1) is 19.0. The Morgan fingerprint density at radius 1 is 0.618 bits per heavy atom. The van der Waals surface area contributed by atoms with E-state index >= 15 is 0 Å². The van der Waals surface area contributed by atoms with E-state index in [1.165, 1.54) is 16.8 Å². The molecule has 3 heterocycles. The van der Waals surface area contributed by atoms with Gasteiger partial charge in [0, 0.05) is 17.1 Å². The van der Waals surface area contributed by atoms with Crippen LogP contribution in [0.3, 0.4) is 0 Å². The topological polar surface area (TPSA) is 48.0 Å². The second-order valence-electron chi connectivity index (χ2n) is 8.78. The monoisotopic (exact) mass is 439 g/mol. The summed E-state index contributed by atoms with van der Waals surface area (Å²) in [5.41, 5.74) is 9.62. The fraction of sp³-hybridized carbons (Fsp3) is 0.0690. The molecule has 0 saturated heterocycles. The van der Waals surface area contributed by atoms with Gasteiger partial charge in [0.25, 0.3) is 0 Å². The van der Waals surface area contributed by atoms with Crippen LogP contribution < -0.4 is 0 Å². The molecule has 0 radical (unpaired) electrons. The van der Waals surface area contributed by atoms with Gasteiger partial charge in [-0.15, -0.1) is 0 Å². The molecule has 7 aromatic rings. The Morgan fingerprint density at radius 2 is 1.29 bits per heavy atom. The Kier molecular flexibility index (Phi) is 3.91. The van der Waals surface area contributed by atoms with Gasteiger partial charge in [-0.1, -0.05) is 54.6 Å². The molecule has 0 aliphatic carbocycles. The normalized spacial score (nSPS) is 11.8. The van der Waals surface area contributed by atoms with Crippen molar-refractivity contribution in [2.24, 2.45) is 0 Å². The summed E-state index contributed by atoms with van der Waals surface area (Å²) < 4.78 is 4.34. The number of benzene rings is 4. The van der Waals surface area contributed by atoms with Gasteiger partial charge in [0.05, 0.1) is 33.3 Å². The maximum Gasteiger partial charge on any atom is 0.235 e.